The van der Waals surface area contributed by atoms with Gasteiger partial charge in [-0.25, -0.2) is 0 Å². The predicted octanol–water partition coefficient (Wildman–Crippen LogP) is 9.16. The molecule has 1 N–H and O–H groups in total. The molecule has 3 aromatic carbocycles. The average Bonchev–Trinajstić information content (AvgIpc) is 2.94. The van der Waals surface area contributed by atoms with Crippen LogP contribution in [-0.2, 0) is 27.8 Å². The number of esters is 1. The van der Waals surface area contributed by atoms with E-state index in [4.69, 9.17) is 4.74 Å². The quantitative estimate of drug-likeness (QED) is 0.259. The van der Waals surface area contributed by atoms with E-state index in [-0.39, 0.29) is 22.9 Å². The molecule has 3 rings (SSSR count). The van der Waals surface area contributed by atoms with Crippen LogP contribution in [0.15, 0.2) is 60.7 Å². The van der Waals surface area contributed by atoms with E-state index in [1.807, 2.05) is 26.0 Å². The minimum absolute atomic E-state index is 0.0537. The molecule has 3 aromatic rings. The van der Waals surface area contributed by atoms with Gasteiger partial charge < -0.3 is 9.84 Å². The van der Waals surface area contributed by atoms with Crippen LogP contribution in [0, 0.1) is 19.3 Å². The summed E-state index contributed by atoms with van der Waals surface area (Å²) in [5.41, 5.74) is 9.75. The number of carbonyl (C=O) groups is 1. The minimum atomic E-state index is -0.308. The molecule has 3 heteroatoms. The van der Waals surface area contributed by atoms with Crippen LogP contribution < -0.4 is 0 Å². The first kappa shape index (κ1) is 33.3. The predicted molar refractivity (Wildman–Crippen MR) is 170 cm³/mol. The monoisotopic (exact) mass is 544 g/mol. The van der Waals surface area contributed by atoms with Gasteiger partial charge in [0, 0.05) is 5.41 Å². The highest BCUT2D eigenvalue weighted by molar-refractivity contribution is 5.73. The molecule has 0 aliphatic heterocycles. The topological polar surface area (TPSA) is 46.5 Å². The van der Waals surface area contributed by atoms with E-state index in [0.29, 0.717) is 6.42 Å². The zero-order chi connectivity index (χ0) is 30.1. The Balaban J connectivity index is 0.00000274. The molecule has 0 fully saturated rings. The number of aryl methyl sites for hydroxylation is 3. The van der Waals surface area contributed by atoms with Gasteiger partial charge in [0.15, 0.2) is 0 Å². The highest BCUT2D eigenvalue weighted by atomic mass is 16.5. The Morgan fingerprint density at radius 1 is 0.850 bits per heavy atom. The van der Waals surface area contributed by atoms with Gasteiger partial charge in [0.05, 0.1) is 19.6 Å². The van der Waals surface area contributed by atoms with Crippen molar-refractivity contribution < 1.29 is 14.6 Å². The van der Waals surface area contributed by atoms with Crippen LogP contribution >= 0.6 is 0 Å². The average molecular weight is 545 g/mol. The van der Waals surface area contributed by atoms with Crippen molar-refractivity contribution in [2.75, 3.05) is 7.11 Å². The smallest absolute Gasteiger partial charge is 0.309 e. The van der Waals surface area contributed by atoms with Gasteiger partial charge in [-0.05, 0) is 89.5 Å². The summed E-state index contributed by atoms with van der Waals surface area (Å²) in [5, 5.41) is 10.5. The number of rotatable bonds is 10. The molecule has 0 saturated carbocycles. The fourth-order valence-corrected chi connectivity index (χ4v) is 5.56. The van der Waals surface area contributed by atoms with Crippen molar-refractivity contribution in [2.24, 2.45) is 5.41 Å². The molecule has 0 radical (unpaired) electrons. The summed E-state index contributed by atoms with van der Waals surface area (Å²) in [6.07, 6.45) is 3.69. The summed E-state index contributed by atoms with van der Waals surface area (Å²) in [7, 11) is 1.42. The van der Waals surface area contributed by atoms with E-state index in [1.54, 1.807) is 0 Å². The zero-order valence-corrected chi connectivity index (χ0v) is 26.7. The summed E-state index contributed by atoms with van der Waals surface area (Å²) < 4.78 is 4.79. The highest BCUT2D eigenvalue weighted by Crippen LogP contribution is 2.41. The van der Waals surface area contributed by atoms with Gasteiger partial charge in [-0.3, -0.25) is 4.79 Å². The fourth-order valence-electron chi connectivity index (χ4n) is 5.56. The molecule has 0 amide bonds. The molecule has 1 unspecified atom stereocenters. The summed E-state index contributed by atoms with van der Waals surface area (Å²) in [6.45, 7) is 19.3. The van der Waals surface area contributed by atoms with E-state index in [1.165, 1.54) is 40.5 Å². The van der Waals surface area contributed by atoms with E-state index in [2.05, 4.69) is 97.0 Å². The molecule has 0 aromatic heterocycles. The fraction of sp³-hybridized carbons (Fsp3) is 0.486. The number of ether oxygens (including phenoxy) is 1. The molecule has 0 aliphatic carbocycles. The van der Waals surface area contributed by atoms with Crippen molar-refractivity contribution in [1.29, 1.82) is 0 Å². The first-order chi connectivity index (χ1) is 18.9. The maximum Gasteiger partial charge on any atom is 0.309 e. The standard InChI is InChI=1S/C35H46O3.C2H6/c1-9-35(10-2,29-17-15-27(24(3)21-29)16-20-32(36)34(5,6)7)30-18-19-31(25(4)22-30)28-13-11-26(12-14-28)23-33(37)38-8;1-2/h11-15,17-19,21-22,32,36H,9-10,16,20,23H2,1-8H3;1-2H3. The second-order valence-corrected chi connectivity index (χ2v) is 11.8. The Labute approximate surface area is 244 Å². The normalized spacial score (nSPS) is 12.4. The molecule has 0 saturated heterocycles. The lowest BCUT2D eigenvalue weighted by Crippen LogP contribution is -2.27. The van der Waals surface area contributed by atoms with E-state index >= 15 is 0 Å². The Morgan fingerprint density at radius 3 is 1.88 bits per heavy atom. The Morgan fingerprint density at radius 2 is 1.40 bits per heavy atom. The zero-order valence-electron chi connectivity index (χ0n) is 26.7. The number of methoxy groups -OCH3 is 1. The van der Waals surface area contributed by atoms with Crippen molar-refractivity contribution >= 4 is 5.97 Å². The molecule has 40 heavy (non-hydrogen) atoms. The van der Waals surface area contributed by atoms with Gasteiger partial charge in [-0.15, -0.1) is 0 Å². The Hall–Kier alpha value is -2.91. The van der Waals surface area contributed by atoms with Crippen molar-refractivity contribution in [2.45, 2.75) is 106 Å². The lowest BCUT2D eigenvalue weighted by atomic mass is 9.69. The van der Waals surface area contributed by atoms with Gasteiger partial charge in [0.2, 0.25) is 0 Å². The first-order valence-corrected chi connectivity index (χ1v) is 15.0. The van der Waals surface area contributed by atoms with Crippen LogP contribution in [0.3, 0.4) is 0 Å². The molecular formula is C37H52O3. The van der Waals surface area contributed by atoms with Gasteiger partial charge in [0.1, 0.15) is 0 Å². The van der Waals surface area contributed by atoms with Crippen LogP contribution in [0.2, 0.25) is 0 Å². The molecule has 0 heterocycles. The summed E-state index contributed by atoms with van der Waals surface area (Å²) >= 11 is 0. The van der Waals surface area contributed by atoms with Crippen LogP contribution in [0.5, 0.6) is 0 Å². The van der Waals surface area contributed by atoms with Gasteiger partial charge in [0.25, 0.3) is 0 Å². The number of aliphatic hydroxyl groups excluding tert-OH is 1. The van der Waals surface area contributed by atoms with Crippen LogP contribution in [0.1, 0.15) is 101 Å². The summed E-state index contributed by atoms with van der Waals surface area (Å²) in [4.78, 5) is 11.6. The Kier molecular flexibility index (Phi) is 12.2. The Bertz CT molecular complexity index is 1230. The molecular weight excluding hydrogens is 492 g/mol. The highest BCUT2D eigenvalue weighted by Gasteiger charge is 2.31. The van der Waals surface area contributed by atoms with E-state index < -0.39 is 0 Å². The van der Waals surface area contributed by atoms with Crippen LogP contribution in [0.4, 0.5) is 0 Å². The third kappa shape index (κ3) is 7.85. The molecule has 1 atom stereocenters. The van der Waals surface area contributed by atoms with Crippen LogP contribution in [0.25, 0.3) is 11.1 Å². The summed E-state index contributed by atoms with van der Waals surface area (Å²) in [6, 6.07) is 22.0. The SMILES string of the molecule is CC.CCC(CC)(c1ccc(CCC(O)C(C)(C)C)c(C)c1)c1ccc(-c2ccc(CC(=O)OC)cc2)c(C)c1. The third-order valence-corrected chi connectivity index (χ3v) is 8.41. The van der Waals surface area contributed by atoms with Gasteiger partial charge in [-0.2, -0.15) is 0 Å². The molecule has 0 bridgehead atoms. The number of aliphatic hydroxyl groups is 1. The largest absolute Gasteiger partial charge is 0.469 e. The second-order valence-electron chi connectivity index (χ2n) is 11.8. The second kappa shape index (κ2) is 14.6. The minimum Gasteiger partial charge on any atom is -0.469 e. The maximum absolute atomic E-state index is 11.6. The number of hydrogen-bond acceptors (Lipinski definition) is 3. The maximum atomic E-state index is 11.6. The number of carbonyl (C=O) groups excluding carboxylic acids is 1. The first-order valence-electron chi connectivity index (χ1n) is 15.0. The molecule has 3 nitrogen and oxygen atoms in total. The van der Waals surface area contributed by atoms with Crippen LogP contribution in [-0.4, -0.2) is 24.3 Å². The van der Waals surface area contributed by atoms with E-state index in [9.17, 15) is 9.90 Å². The van der Waals surface area contributed by atoms with Crippen molar-refractivity contribution in [3.05, 3.63) is 94.0 Å². The lowest BCUT2D eigenvalue weighted by molar-refractivity contribution is -0.139. The molecule has 218 valence electrons. The number of hydrogen-bond donors (Lipinski definition) is 1. The van der Waals surface area contributed by atoms with Crippen molar-refractivity contribution in [3.8, 4) is 11.1 Å². The molecule has 0 spiro atoms. The third-order valence-electron chi connectivity index (χ3n) is 8.41. The van der Waals surface area contributed by atoms with Crippen molar-refractivity contribution in [3.63, 3.8) is 0 Å². The summed E-state index contributed by atoms with van der Waals surface area (Å²) in [5.74, 6) is -0.223. The van der Waals surface area contributed by atoms with Crippen molar-refractivity contribution in [1.82, 2.24) is 0 Å². The van der Waals surface area contributed by atoms with Gasteiger partial charge in [-0.1, -0.05) is 109 Å². The molecule has 0 aliphatic rings. The number of benzene rings is 3. The van der Waals surface area contributed by atoms with E-state index in [0.717, 1.165) is 36.8 Å². The lowest BCUT2D eigenvalue weighted by Gasteiger charge is -2.34. The van der Waals surface area contributed by atoms with Gasteiger partial charge >= 0.3 is 5.97 Å².